The zero-order chi connectivity index (χ0) is 15.0. The van der Waals surface area contributed by atoms with Gasteiger partial charge in [0.25, 0.3) is 5.91 Å². The number of carbonyl (C=O) groups excluding carboxylic acids is 1. The molecule has 3 rings (SSSR count). The van der Waals surface area contributed by atoms with Gasteiger partial charge in [0.05, 0.1) is 9.93 Å². The van der Waals surface area contributed by atoms with Gasteiger partial charge in [0.2, 0.25) is 0 Å². The first kappa shape index (κ1) is 14.3. The monoisotopic (exact) mass is 339 g/mol. The molecule has 1 N–H and O–H groups in total. The van der Waals surface area contributed by atoms with E-state index in [2.05, 4.69) is 5.32 Å². The molecule has 0 spiro atoms. The standard InChI is InChI=1S/C14H7ClFNO2S2/c15-9-5-7(1-3-10(9)16)11-4-2-8(19-11)6-12-13(18)17-14(20)21-12/h1-6H,(H,17,18,20). The highest BCUT2D eigenvalue weighted by Crippen LogP contribution is 2.30. The Morgan fingerprint density at radius 2 is 2.14 bits per heavy atom. The molecule has 1 saturated heterocycles. The molecule has 106 valence electrons. The lowest BCUT2D eigenvalue weighted by atomic mass is 10.2. The van der Waals surface area contributed by atoms with Gasteiger partial charge in [-0.15, -0.1) is 0 Å². The summed E-state index contributed by atoms with van der Waals surface area (Å²) in [6, 6.07) is 7.78. The Bertz CT molecular complexity index is 785. The first-order valence-electron chi connectivity index (χ1n) is 5.83. The number of hydrogen-bond donors (Lipinski definition) is 1. The topological polar surface area (TPSA) is 42.2 Å². The summed E-state index contributed by atoms with van der Waals surface area (Å²) in [4.78, 5) is 12.0. The Kier molecular flexibility index (Phi) is 3.84. The van der Waals surface area contributed by atoms with E-state index in [9.17, 15) is 9.18 Å². The highest BCUT2D eigenvalue weighted by Gasteiger charge is 2.22. The van der Waals surface area contributed by atoms with Gasteiger partial charge in [-0.3, -0.25) is 4.79 Å². The van der Waals surface area contributed by atoms with Crippen LogP contribution in [0.4, 0.5) is 4.39 Å². The molecule has 0 saturated carbocycles. The average molecular weight is 340 g/mol. The van der Waals surface area contributed by atoms with Crippen LogP contribution in [0.15, 0.2) is 39.7 Å². The first-order chi connectivity index (χ1) is 10.0. The van der Waals surface area contributed by atoms with Crippen LogP contribution in [-0.2, 0) is 4.79 Å². The van der Waals surface area contributed by atoms with Gasteiger partial charge in [0, 0.05) is 11.6 Å². The van der Waals surface area contributed by atoms with Gasteiger partial charge in [-0.05, 0) is 30.3 Å². The van der Waals surface area contributed by atoms with Gasteiger partial charge in [0.1, 0.15) is 21.7 Å². The van der Waals surface area contributed by atoms with E-state index in [1.165, 1.54) is 23.9 Å². The van der Waals surface area contributed by atoms with Crippen LogP contribution >= 0.6 is 35.6 Å². The summed E-state index contributed by atoms with van der Waals surface area (Å²) in [6.07, 6.45) is 1.61. The number of nitrogens with one attached hydrogen (secondary N) is 1. The predicted octanol–water partition coefficient (Wildman–Crippen LogP) is 4.23. The number of halogens is 2. The summed E-state index contributed by atoms with van der Waals surface area (Å²) >= 11 is 11.8. The maximum absolute atomic E-state index is 13.1. The molecule has 1 aliphatic heterocycles. The maximum Gasteiger partial charge on any atom is 0.263 e. The minimum Gasteiger partial charge on any atom is -0.457 e. The van der Waals surface area contributed by atoms with E-state index in [1.54, 1.807) is 24.3 Å². The molecule has 3 nitrogen and oxygen atoms in total. The summed E-state index contributed by atoms with van der Waals surface area (Å²) in [7, 11) is 0. The Morgan fingerprint density at radius 1 is 1.33 bits per heavy atom. The number of carbonyl (C=O) groups is 1. The summed E-state index contributed by atoms with van der Waals surface area (Å²) in [5, 5.41) is 2.55. The van der Waals surface area contributed by atoms with Gasteiger partial charge >= 0.3 is 0 Å². The zero-order valence-electron chi connectivity index (χ0n) is 10.4. The smallest absolute Gasteiger partial charge is 0.263 e. The molecule has 7 heteroatoms. The van der Waals surface area contributed by atoms with Gasteiger partial charge < -0.3 is 9.73 Å². The van der Waals surface area contributed by atoms with Crippen LogP contribution in [0.3, 0.4) is 0 Å². The molecule has 1 amide bonds. The fourth-order valence-electron chi connectivity index (χ4n) is 1.79. The van der Waals surface area contributed by atoms with Crippen molar-refractivity contribution in [2.75, 3.05) is 0 Å². The Hall–Kier alpha value is -1.63. The third-order valence-corrected chi connectivity index (χ3v) is 4.20. The van der Waals surface area contributed by atoms with Crippen LogP contribution in [0, 0.1) is 5.82 Å². The van der Waals surface area contributed by atoms with Crippen molar-refractivity contribution in [1.82, 2.24) is 5.32 Å². The molecule has 1 aliphatic rings. The maximum atomic E-state index is 13.1. The highest BCUT2D eigenvalue weighted by atomic mass is 35.5. The van der Waals surface area contributed by atoms with Crippen molar-refractivity contribution in [2.45, 2.75) is 0 Å². The van der Waals surface area contributed by atoms with Crippen LogP contribution < -0.4 is 5.32 Å². The van der Waals surface area contributed by atoms with Crippen molar-refractivity contribution in [3.63, 3.8) is 0 Å². The molecule has 0 unspecified atom stereocenters. The average Bonchev–Trinajstić information content (AvgIpc) is 3.01. The van der Waals surface area contributed by atoms with E-state index >= 15 is 0 Å². The Balaban J connectivity index is 1.90. The van der Waals surface area contributed by atoms with Gasteiger partial charge in [-0.2, -0.15) is 0 Å². The molecule has 1 aromatic heterocycles. The lowest BCUT2D eigenvalue weighted by molar-refractivity contribution is -0.115. The SMILES string of the molecule is O=C1NC(=S)SC1=Cc1ccc(-c2ccc(F)c(Cl)c2)o1. The van der Waals surface area contributed by atoms with Crippen molar-refractivity contribution >= 4 is 51.9 Å². The highest BCUT2D eigenvalue weighted by molar-refractivity contribution is 8.26. The van der Waals surface area contributed by atoms with Crippen molar-refractivity contribution in [2.24, 2.45) is 0 Å². The van der Waals surface area contributed by atoms with Crippen LogP contribution in [0.1, 0.15) is 5.76 Å². The number of amides is 1. The molecule has 0 bridgehead atoms. The third kappa shape index (κ3) is 3.02. The van der Waals surface area contributed by atoms with E-state index < -0.39 is 5.82 Å². The van der Waals surface area contributed by atoms with Crippen molar-refractivity contribution in [3.05, 3.63) is 51.8 Å². The number of rotatable bonds is 2. The minimum absolute atomic E-state index is 0.0277. The summed E-state index contributed by atoms with van der Waals surface area (Å²) in [6.45, 7) is 0. The van der Waals surface area contributed by atoms with Gasteiger partial charge in [0.15, 0.2) is 0 Å². The molecule has 0 aliphatic carbocycles. The molecule has 0 radical (unpaired) electrons. The second-order valence-electron chi connectivity index (χ2n) is 4.18. The molecule has 2 heterocycles. The van der Waals surface area contributed by atoms with Crippen LogP contribution in [0.25, 0.3) is 17.4 Å². The van der Waals surface area contributed by atoms with Crippen molar-refractivity contribution < 1.29 is 13.6 Å². The van der Waals surface area contributed by atoms with E-state index in [1.807, 2.05) is 0 Å². The second-order valence-corrected chi connectivity index (χ2v) is 6.31. The van der Waals surface area contributed by atoms with E-state index in [-0.39, 0.29) is 10.9 Å². The fraction of sp³-hybridized carbons (Fsp3) is 0. The summed E-state index contributed by atoms with van der Waals surface area (Å²) < 4.78 is 19.2. The zero-order valence-corrected chi connectivity index (χ0v) is 12.7. The molecular weight excluding hydrogens is 333 g/mol. The van der Waals surface area contributed by atoms with E-state index in [4.69, 9.17) is 28.2 Å². The van der Waals surface area contributed by atoms with E-state index in [0.29, 0.717) is 26.3 Å². The molecule has 21 heavy (non-hydrogen) atoms. The molecule has 2 aromatic rings. The third-order valence-electron chi connectivity index (χ3n) is 2.75. The molecular formula is C14H7ClFNO2S2. The molecule has 1 fully saturated rings. The minimum atomic E-state index is -0.484. The number of thioether (sulfide) groups is 1. The van der Waals surface area contributed by atoms with Crippen LogP contribution in [0.5, 0.6) is 0 Å². The van der Waals surface area contributed by atoms with Gasteiger partial charge in [-0.1, -0.05) is 35.6 Å². The van der Waals surface area contributed by atoms with Crippen molar-refractivity contribution in [3.8, 4) is 11.3 Å². The summed E-state index contributed by atoms with van der Waals surface area (Å²) in [5.74, 6) is 0.317. The van der Waals surface area contributed by atoms with Gasteiger partial charge in [-0.25, -0.2) is 4.39 Å². The predicted molar refractivity (Wildman–Crippen MR) is 85.4 cm³/mol. The first-order valence-corrected chi connectivity index (χ1v) is 7.43. The lowest BCUT2D eigenvalue weighted by Crippen LogP contribution is -2.17. The Labute approximate surface area is 134 Å². The normalized spacial score (nSPS) is 16.6. The number of hydrogen-bond acceptors (Lipinski definition) is 4. The number of benzene rings is 1. The van der Waals surface area contributed by atoms with Crippen molar-refractivity contribution in [1.29, 1.82) is 0 Å². The number of furan rings is 1. The van der Waals surface area contributed by atoms with Crippen LogP contribution in [0.2, 0.25) is 5.02 Å². The second kappa shape index (κ2) is 5.63. The number of thiocarbonyl (C=S) groups is 1. The van der Waals surface area contributed by atoms with Crippen LogP contribution in [-0.4, -0.2) is 10.2 Å². The largest absolute Gasteiger partial charge is 0.457 e. The molecule has 1 aromatic carbocycles. The fourth-order valence-corrected chi connectivity index (χ4v) is 2.99. The molecule has 0 atom stereocenters. The lowest BCUT2D eigenvalue weighted by Gasteiger charge is -1.98. The Morgan fingerprint density at radius 3 is 2.81 bits per heavy atom. The van der Waals surface area contributed by atoms with E-state index in [0.717, 1.165) is 0 Å². The quantitative estimate of drug-likeness (QED) is 0.657. The summed E-state index contributed by atoms with van der Waals surface area (Å²) in [5.41, 5.74) is 0.657.